The topological polar surface area (TPSA) is 57.2 Å². The average Bonchev–Trinajstić information content (AvgIpc) is 3.21. The van der Waals surface area contributed by atoms with E-state index >= 15 is 0 Å². The quantitative estimate of drug-likeness (QED) is 0.450. The Bertz CT molecular complexity index is 1160. The highest BCUT2D eigenvalue weighted by atomic mass is 15.2. The minimum atomic E-state index is 0.230. The molecule has 3 aromatic heterocycles. The van der Waals surface area contributed by atoms with E-state index < -0.39 is 0 Å². The number of nitriles is 1. The fourth-order valence-corrected chi connectivity index (χ4v) is 4.46. The summed E-state index contributed by atoms with van der Waals surface area (Å²) in [7, 11) is 0. The molecule has 0 aromatic carbocycles. The largest absolute Gasteiger partial charge is 0.357 e. The molecule has 0 bridgehead atoms. The lowest BCUT2D eigenvalue weighted by Gasteiger charge is -2.40. The summed E-state index contributed by atoms with van der Waals surface area (Å²) in [5, 5.41) is 14.0. The molecule has 1 saturated heterocycles. The summed E-state index contributed by atoms with van der Waals surface area (Å²) in [5.74, 6) is 1.65. The predicted octanol–water partition coefficient (Wildman–Crippen LogP) is 6.04. The molecule has 0 radical (unpaired) electrons. The average molecular weight is 428 g/mol. The number of allylic oxidation sites excluding steroid dienone is 1. The molecular formula is C27H33N5. The van der Waals surface area contributed by atoms with Gasteiger partial charge in [-0.25, -0.2) is 9.50 Å². The zero-order valence-electron chi connectivity index (χ0n) is 19.7. The van der Waals surface area contributed by atoms with Gasteiger partial charge in [0.2, 0.25) is 0 Å². The first-order chi connectivity index (χ1) is 15.3. The van der Waals surface area contributed by atoms with E-state index in [1.54, 1.807) is 6.20 Å². The highest BCUT2D eigenvalue weighted by Crippen LogP contribution is 2.38. The van der Waals surface area contributed by atoms with Crippen molar-refractivity contribution in [2.24, 2.45) is 11.3 Å². The van der Waals surface area contributed by atoms with Gasteiger partial charge < -0.3 is 4.90 Å². The number of nitrogens with zero attached hydrogens (tertiary/aromatic N) is 5. The fourth-order valence-electron chi connectivity index (χ4n) is 4.46. The molecule has 0 unspecified atom stereocenters. The van der Waals surface area contributed by atoms with Gasteiger partial charge in [-0.1, -0.05) is 32.9 Å². The Balaban J connectivity index is 1.63. The number of aryl methyl sites for hydroxylation is 1. The van der Waals surface area contributed by atoms with E-state index in [1.807, 2.05) is 10.7 Å². The molecule has 1 aliphatic rings. The van der Waals surface area contributed by atoms with Gasteiger partial charge in [-0.15, -0.1) is 0 Å². The molecule has 166 valence electrons. The zero-order chi connectivity index (χ0) is 22.9. The van der Waals surface area contributed by atoms with Crippen LogP contribution in [-0.4, -0.2) is 27.7 Å². The van der Waals surface area contributed by atoms with E-state index in [2.05, 4.69) is 74.7 Å². The van der Waals surface area contributed by atoms with E-state index in [-0.39, 0.29) is 5.41 Å². The molecule has 32 heavy (non-hydrogen) atoms. The first-order valence-electron chi connectivity index (χ1n) is 11.6. The van der Waals surface area contributed by atoms with Crippen LogP contribution >= 0.6 is 0 Å². The summed E-state index contributed by atoms with van der Waals surface area (Å²) in [5.41, 5.74) is 6.22. The second kappa shape index (κ2) is 8.78. The van der Waals surface area contributed by atoms with Crippen molar-refractivity contribution in [1.29, 1.82) is 5.26 Å². The molecular weight excluding hydrogens is 394 g/mol. The van der Waals surface area contributed by atoms with E-state index in [0.717, 1.165) is 61.2 Å². The number of aromatic nitrogens is 3. The minimum absolute atomic E-state index is 0.230. The lowest BCUT2D eigenvalue weighted by molar-refractivity contribution is 0.305. The Labute approximate surface area is 191 Å². The molecule has 0 saturated carbocycles. The van der Waals surface area contributed by atoms with Crippen LogP contribution in [0, 0.1) is 22.7 Å². The summed E-state index contributed by atoms with van der Waals surface area (Å²) < 4.78 is 1.85. The van der Waals surface area contributed by atoms with Gasteiger partial charge in [-0.05, 0) is 67.7 Å². The Kier molecular flexibility index (Phi) is 6.06. The molecule has 4 heterocycles. The third kappa shape index (κ3) is 4.27. The van der Waals surface area contributed by atoms with Crippen molar-refractivity contribution in [2.75, 3.05) is 18.0 Å². The standard InChI is InChI=1S/C27H33N5/c1-19(2)6-7-21-14-24(26-23(15-28)17-30-32(26)18-21)22-8-9-25(29-16-22)31-12-10-27(5,11-13-31)20(3)4/h8-9,14,16-19H,3,6-7,10-13H2,1-2,4-5H3. The summed E-state index contributed by atoms with van der Waals surface area (Å²) in [4.78, 5) is 7.18. The normalized spacial score (nSPS) is 15.8. The Hall–Kier alpha value is -3.13. The molecule has 0 aliphatic carbocycles. The van der Waals surface area contributed by atoms with Gasteiger partial charge in [0.15, 0.2) is 0 Å². The lowest BCUT2D eigenvalue weighted by atomic mass is 9.75. The van der Waals surface area contributed by atoms with Gasteiger partial charge in [0.25, 0.3) is 0 Å². The maximum Gasteiger partial charge on any atom is 0.128 e. The van der Waals surface area contributed by atoms with Crippen molar-refractivity contribution in [1.82, 2.24) is 14.6 Å². The van der Waals surface area contributed by atoms with Crippen molar-refractivity contribution in [3.63, 3.8) is 0 Å². The Morgan fingerprint density at radius 1 is 1.25 bits per heavy atom. The number of hydrogen-bond donors (Lipinski definition) is 0. The minimum Gasteiger partial charge on any atom is -0.357 e. The number of hydrogen-bond acceptors (Lipinski definition) is 4. The lowest BCUT2D eigenvalue weighted by Crippen LogP contribution is -2.39. The van der Waals surface area contributed by atoms with E-state index in [9.17, 15) is 5.26 Å². The van der Waals surface area contributed by atoms with Crippen molar-refractivity contribution >= 4 is 11.3 Å². The van der Waals surface area contributed by atoms with Crippen LogP contribution in [0.15, 0.2) is 48.9 Å². The molecule has 0 atom stereocenters. The van der Waals surface area contributed by atoms with Crippen molar-refractivity contribution in [3.05, 3.63) is 60.1 Å². The van der Waals surface area contributed by atoms with E-state index in [0.29, 0.717) is 11.5 Å². The van der Waals surface area contributed by atoms with Gasteiger partial charge in [-0.2, -0.15) is 10.4 Å². The second-order valence-corrected chi connectivity index (χ2v) is 9.89. The summed E-state index contributed by atoms with van der Waals surface area (Å²) in [6.07, 6.45) is 9.96. The smallest absolute Gasteiger partial charge is 0.128 e. The zero-order valence-corrected chi connectivity index (χ0v) is 19.7. The first kappa shape index (κ1) is 22.1. The molecule has 4 rings (SSSR count). The monoisotopic (exact) mass is 427 g/mol. The van der Waals surface area contributed by atoms with Gasteiger partial charge in [-0.3, -0.25) is 0 Å². The van der Waals surface area contributed by atoms with Gasteiger partial charge in [0.1, 0.15) is 11.9 Å². The van der Waals surface area contributed by atoms with Crippen LogP contribution in [0.3, 0.4) is 0 Å². The van der Waals surface area contributed by atoms with Crippen LogP contribution in [0.1, 0.15) is 58.1 Å². The van der Waals surface area contributed by atoms with Gasteiger partial charge >= 0.3 is 0 Å². The van der Waals surface area contributed by atoms with E-state index in [1.165, 1.54) is 11.1 Å². The van der Waals surface area contributed by atoms with Crippen molar-refractivity contribution in [2.45, 2.75) is 53.4 Å². The number of pyridine rings is 2. The molecule has 3 aromatic rings. The number of anilines is 1. The highest BCUT2D eigenvalue weighted by Gasteiger charge is 2.31. The van der Waals surface area contributed by atoms with Crippen LogP contribution in [0.25, 0.3) is 16.6 Å². The number of rotatable bonds is 6. The van der Waals surface area contributed by atoms with Gasteiger partial charge in [0.05, 0.1) is 17.3 Å². The molecule has 1 fully saturated rings. The van der Waals surface area contributed by atoms with Gasteiger partial charge in [0, 0.05) is 36.6 Å². The van der Waals surface area contributed by atoms with Crippen LogP contribution in [-0.2, 0) is 6.42 Å². The molecule has 1 aliphatic heterocycles. The molecule has 5 nitrogen and oxygen atoms in total. The van der Waals surface area contributed by atoms with Crippen LogP contribution in [0.2, 0.25) is 0 Å². The Morgan fingerprint density at radius 3 is 2.59 bits per heavy atom. The predicted molar refractivity (Wildman–Crippen MR) is 131 cm³/mol. The fraction of sp³-hybridized carbons (Fsp3) is 0.444. The third-order valence-electron chi connectivity index (χ3n) is 7.08. The van der Waals surface area contributed by atoms with E-state index in [4.69, 9.17) is 4.98 Å². The van der Waals surface area contributed by atoms with Crippen molar-refractivity contribution in [3.8, 4) is 17.2 Å². The highest BCUT2D eigenvalue weighted by molar-refractivity contribution is 5.84. The van der Waals surface area contributed by atoms with Crippen LogP contribution < -0.4 is 4.90 Å². The van der Waals surface area contributed by atoms with Crippen LogP contribution in [0.4, 0.5) is 5.82 Å². The molecule has 0 N–H and O–H groups in total. The molecule has 0 amide bonds. The molecule has 5 heteroatoms. The summed E-state index contributed by atoms with van der Waals surface area (Å²) >= 11 is 0. The molecule has 0 spiro atoms. The first-order valence-corrected chi connectivity index (χ1v) is 11.6. The van der Waals surface area contributed by atoms with Crippen molar-refractivity contribution < 1.29 is 0 Å². The summed E-state index contributed by atoms with van der Waals surface area (Å²) in [6.45, 7) is 15.1. The second-order valence-electron chi connectivity index (χ2n) is 9.89. The number of fused-ring (bicyclic) bond motifs is 1. The van der Waals surface area contributed by atoms with Crippen LogP contribution in [0.5, 0.6) is 0 Å². The summed E-state index contributed by atoms with van der Waals surface area (Å²) in [6, 6.07) is 8.73. The number of piperidine rings is 1. The third-order valence-corrected chi connectivity index (χ3v) is 7.08. The maximum atomic E-state index is 9.61. The SMILES string of the molecule is C=C(C)C1(C)CCN(c2ccc(-c3cc(CCC(C)C)cn4ncc(C#N)c34)cn2)CC1. The Morgan fingerprint density at radius 2 is 2.00 bits per heavy atom. The maximum absolute atomic E-state index is 9.61.